The highest BCUT2D eigenvalue weighted by molar-refractivity contribution is 5.92. The van der Waals surface area contributed by atoms with E-state index in [0.717, 1.165) is 0 Å². The van der Waals surface area contributed by atoms with E-state index in [1.807, 2.05) is 0 Å². The van der Waals surface area contributed by atoms with Crippen molar-refractivity contribution < 1.29 is 23.9 Å². The summed E-state index contributed by atoms with van der Waals surface area (Å²) in [7, 11) is 1.30. The first-order valence-electron chi connectivity index (χ1n) is 8.72. The van der Waals surface area contributed by atoms with Crippen LogP contribution in [-0.4, -0.2) is 53.7 Å². The molecular weight excluding hydrogens is 336 g/mol. The highest BCUT2D eigenvalue weighted by Gasteiger charge is 2.51. The molecule has 7 heteroatoms. The predicted octanol–water partition coefficient (Wildman–Crippen LogP) is 2.57. The number of rotatable bonds is 7. The topological polar surface area (TPSA) is 84.9 Å². The van der Waals surface area contributed by atoms with Gasteiger partial charge in [0.15, 0.2) is 0 Å². The van der Waals surface area contributed by atoms with Crippen molar-refractivity contribution in [3.8, 4) is 0 Å². The number of likely N-dealkylation sites (tertiary alicyclic amines) is 1. The van der Waals surface area contributed by atoms with Gasteiger partial charge in [0.25, 0.3) is 0 Å². The lowest BCUT2D eigenvalue weighted by molar-refractivity contribution is -0.159. The van der Waals surface area contributed by atoms with E-state index in [0.29, 0.717) is 25.8 Å². The largest absolute Gasteiger partial charge is 0.467 e. The molecule has 26 heavy (non-hydrogen) atoms. The molecule has 1 saturated heterocycles. The monoisotopic (exact) mass is 366 g/mol. The molecule has 0 radical (unpaired) electrons. The van der Waals surface area contributed by atoms with Crippen LogP contribution in [0, 0.1) is 0 Å². The SMILES string of the molecule is C=CC[C@H](NC(=O)OC(C)(C)C)C(=O)N1CCC[C@@]1(CC=C)C(=O)OC. The Hall–Kier alpha value is -2.31. The fourth-order valence-corrected chi connectivity index (χ4v) is 3.16. The second-order valence-electron chi connectivity index (χ2n) is 7.33. The Morgan fingerprint density at radius 1 is 1.27 bits per heavy atom. The molecule has 1 rings (SSSR count). The minimum absolute atomic E-state index is 0.222. The van der Waals surface area contributed by atoms with E-state index in [1.54, 1.807) is 32.9 Å². The van der Waals surface area contributed by atoms with Gasteiger partial charge in [0, 0.05) is 6.54 Å². The molecule has 0 unspecified atom stereocenters. The van der Waals surface area contributed by atoms with E-state index in [9.17, 15) is 14.4 Å². The van der Waals surface area contributed by atoms with Gasteiger partial charge in [-0.15, -0.1) is 13.2 Å². The molecule has 0 aromatic carbocycles. The lowest BCUT2D eigenvalue weighted by Crippen LogP contribution is -2.58. The van der Waals surface area contributed by atoms with Crippen LogP contribution in [0.2, 0.25) is 0 Å². The maximum atomic E-state index is 13.1. The Morgan fingerprint density at radius 2 is 1.92 bits per heavy atom. The summed E-state index contributed by atoms with van der Waals surface area (Å²) in [5, 5.41) is 2.59. The highest BCUT2D eigenvalue weighted by atomic mass is 16.6. The van der Waals surface area contributed by atoms with Crippen molar-refractivity contribution in [1.29, 1.82) is 0 Å². The number of nitrogens with one attached hydrogen (secondary N) is 1. The normalized spacial score (nSPS) is 20.8. The first-order valence-corrected chi connectivity index (χ1v) is 8.72. The summed E-state index contributed by atoms with van der Waals surface area (Å²) in [6, 6.07) is -0.866. The Kier molecular flexibility index (Phi) is 7.41. The van der Waals surface area contributed by atoms with Crippen LogP contribution < -0.4 is 5.32 Å². The number of carbonyl (C=O) groups excluding carboxylic acids is 3. The van der Waals surface area contributed by atoms with Crippen LogP contribution >= 0.6 is 0 Å². The first kappa shape index (κ1) is 21.7. The van der Waals surface area contributed by atoms with E-state index < -0.39 is 29.2 Å². The Labute approximate surface area is 155 Å². The Balaban J connectivity index is 3.05. The highest BCUT2D eigenvalue weighted by Crippen LogP contribution is 2.35. The zero-order valence-corrected chi connectivity index (χ0v) is 16.2. The molecular formula is C19H30N2O5. The van der Waals surface area contributed by atoms with E-state index in [2.05, 4.69) is 18.5 Å². The molecule has 0 bridgehead atoms. The van der Waals surface area contributed by atoms with Crippen molar-refractivity contribution in [2.45, 2.75) is 63.6 Å². The third-order valence-corrected chi connectivity index (χ3v) is 4.19. The molecule has 0 spiro atoms. The van der Waals surface area contributed by atoms with Gasteiger partial charge in [-0.3, -0.25) is 4.79 Å². The van der Waals surface area contributed by atoms with Gasteiger partial charge in [-0.05, 0) is 46.5 Å². The van der Waals surface area contributed by atoms with Crippen LogP contribution in [0.15, 0.2) is 25.3 Å². The van der Waals surface area contributed by atoms with Gasteiger partial charge in [-0.25, -0.2) is 9.59 Å². The van der Waals surface area contributed by atoms with Gasteiger partial charge in [0.1, 0.15) is 17.2 Å². The molecule has 1 heterocycles. The summed E-state index contributed by atoms with van der Waals surface area (Å²) < 4.78 is 10.2. The zero-order chi connectivity index (χ0) is 20.0. The minimum Gasteiger partial charge on any atom is -0.467 e. The van der Waals surface area contributed by atoms with Crippen molar-refractivity contribution in [2.24, 2.45) is 0 Å². The number of nitrogens with zero attached hydrogens (tertiary/aromatic N) is 1. The summed E-state index contributed by atoms with van der Waals surface area (Å²) in [5.74, 6) is -0.835. The van der Waals surface area contributed by atoms with Crippen LogP contribution in [-0.2, 0) is 19.1 Å². The quantitative estimate of drug-likeness (QED) is 0.553. The fourth-order valence-electron chi connectivity index (χ4n) is 3.16. The second kappa shape index (κ2) is 8.87. The van der Waals surface area contributed by atoms with Crippen LogP contribution in [0.4, 0.5) is 4.79 Å². The number of ether oxygens (including phenoxy) is 2. The van der Waals surface area contributed by atoms with Crippen LogP contribution in [0.1, 0.15) is 46.5 Å². The van der Waals surface area contributed by atoms with Crippen molar-refractivity contribution >= 4 is 18.0 Å². The molecule has 7 nitrogen and oxygen atoms in total. The second-order valence-corrected chi connectivity index (χ2v) is 7.33. The molecule has 0 aromatic rings. The van der Waals surface area contributed by atoms with Crippen LogP contribution in [0.25, 0.3) is 0 Å². The Bertz CT molecular complexity index is 567. The summed E-state index contributed by atoms with van der Waals surface area (Å²) in [4.78, 5) is 39.1. The smallest absolute Gasteiger partial charge is 0.408 e. The minimum atomic E-state index is -1.08. The lowest BCUT2D eigenvalue weighted by Gasteiger charge is -2.37. The molecule has 2 atom stereocenters. The standard InChI is InChI=1S/C19H30N2O5/c1-7-10-14(20-17(24)26-18(3,4)5)15(22)21-13-9-12-19(21,11-8-2)16(23)25-6/h7-8,14H,1-2,9-13H2,3-6H3,(H,20,24)/t14-,19-/m0/s1. The van der Waals surface area contributed by atoms with Crippen molar-refractivity contribution in [3.05, 3.63) is 25.3 Å². The fraction of sp³-hybridized carbons (Fsp3) is 0.632. The summed E-state index contributed by atoms with van der Waals surface area (Å²) >= 11 is 0. The number of methoxy groups -OCH3 is 1. The average Bonchev–Trinajstić information content (AvgIpc) is 2.96. The van der Waals surface area contributed by atoms with Crippen LogP contribution in [0.5, 0.6) is 0 Å². The molecule has 0 aliphatic carbocycles. The first-order chi connectivity index (χ1) is 12.1. The number of esters is 1. The summed E-state index contributed by atoms with van der Waals surface area (Å²) in [6.07, 6.45) is 4.13. The van der Waals surface area contributed by atoms with Crippen molar-refractivity contribution in [1.82, 2.24) is 10.2 Å². The summed E-state index contributed by atoms with van der Waals surface area (Å²) in [5.41, 5.74) is -1.76. The summed E-state index contributed by atoms with van der Waals surface area (Å²) in [6.45, 7) is 13.0. The molecule has 0 saturated carbocycles. The third-order valence-electron chi connectivity index (χ3n) is 4.19. The number of alkyl carbamates (subject to hydrolysis) is 1. The van der Waals surface area contributed by atoms with Gasteiger partial charge in [0.05, 0.1) is 7.11 Å². The lowest BCUT2D eigenvalue weighted by atomic mass is 9.91. The maximum absolute atomic E-state index is 13.1. The van der Waals surface area contributed by atoms with Crippen molar-refractivity contribution in [2.75, 3.05) is 13.7 Å². The van der Waals surface area contributed by atoms with Crippen molar-refractivity contribution in [3.63, 3.8) is 0 Å². The van der Waals surface area contributed by atoms with Gasteiger partial charge >= 0.3 is 12.1 Å². The molecule has 146 valence electrons. The van der Waals surface area contributed by atoms with Gasteiger partial charge in [-0.1, -0.05) is 12.2 Å². The molecule has 0 aromatic heterocycles. The van der Waals surface area contributed by atoms with Gasteiger partial charge < -0.3 is 19.7 Å². The predicted molar refractivity (Wildman–Crippen MR) is 98.5 cm³/mol. The Morgan fingerprint density at radius 3 is 2.42 bits per heavy atom. The van der Waals surface area contributed by atoms with Gasteiger partial charge in [0.2, 0.25) is 5.91 Å². The molecule has 1 aliphatic rings. The van der Waals surface area contributed by atoms with E-state index >= 15 is 0 Å². The number of hydrogen-bond acceptors (Lipinski definition) is 5. The zero-order valence-electron chi connectivity index (χ0n) is 16.2. The molecule has 1 N–H and O–H groups in total. The number of hydrogen-bond donors (Lipinski definition) is 1. The third kappa shape index (κ3) is 5.09. The molecule has 2 amide bonds. The average molecular weight is 366 g/mol. The number of amides is 2. The number of carbonyl (C=O) groups is 3. The molecule has 1 fully saturated rings. The maximum Gasteiger partial charge on any atom is 0.408 e. The van der Waals surface area contributed by atoms with E-state index in [-0.39, 0.29) is 12.3 Å². The van der Waals surface area contributed by atoms with Crippen LogP contribution in [0.3, 0.4) is 0 Å². The van der Waals surface area contributed by atoms with E-state index in [4.69, 9.17) is 9.47 Å². The molecule has 1 aliphatic heterocycles. The van der Waals surface area contributed by atoms with Gasteiger partial charge in [-0.2, -0.15) is 0 Å². The van der Waals surface area contributed by atoms with E-state index in [1.165, 1.54) is 12.0 Å².